The van der Waals surface area contributed by atoms with Crippen molar-refractivity contribution in [2.75, 3.05) is 17.2 Å². The second-order valence-electron chi connectivity index (χ2n) is 11.5. The number of amides is 2. The molecule has 12 nitrogen and oxygen atoms in total. The number of carbonyl (C=O) groups is 1. The molecule has 0 spiro atoms. The molecular weight excluding hydrogens is 580 g/mol. The van der Waals surface area contributed by atoms with Gasteiger partial charge in [-0.25, -0.2) is 9.78 Å². The summed E-state index contributed by atoms with van der Waals surface area (Å²) in [5.41, 5.74) is 4.17. The van der Waals surface area contributed by atoms with Gasteiger partial charge in [0.25, 0.3) is 5.82 Å². The van der Waals surface area contributed by atoms with Crippen LogP contribution in [-0.4, -0.2) is 64.8 Å². The highest BCUT2D eigenvalue weighted by atomic mass is 16.3. The number of hydrogen-bond donors (Lipinski definition) is 4. The van der Waals surface area contributed by atoms with E-state index in [9.17, 15) is 15.2 Å². The van der Waals surface area contributed by atoms with Crippen molar-refractivity contribution >= 4 is 29.3 Å². The second-order valence-corrected chi connectivity index (χ2v) is 11.5. The number of nitrogens with zero attached hydrogens (tertiary/aromatic N) is 7. The molecule has 1 fully saturated rings. The van der Waals surface area contributed by atoms with Crippen LogP contribution in [0, 0.1) is 11.3 Å². The van der Waals surface area contributed by atoms with Gasteiger partial charge in [0.1, 0.15) is 23.6 Å². The maximum Gasteiger partial charge on any atom is 0.441 e. The number of anilines is 2. The first kappa shape index (κ1) is 32.2. The fourth-order valence-corrected chi connectivity index (χ4v) is 5.59. The van der Waals surface area contributed by atoms with Gasteiger partial charge in [0.15, 0.2) is 0 Å². The second kappa shape index (κ2) is 15.7. The minimum Gasteiger partial charge on any atom is -0.391 e. The standard InChI is InChI=1S/C34H40N10O2/c1-3-9-28(12-8-17-36-33-38-21-26(18-35)32(42-33)41-29-13-7-14-30(29)45)44(34(46)39-19-24-10-5-4-6-11-24)31-16-15-25(20-37-31)27-22-40-43(2)23-27/h4-6,10-11,15-16,20-23,29-30,45H,3,7-9,12-14,17,19H2,1-2H3,(H2-,36,38,39,41,42,46)/p+1/b44-28+. The van der Waals surface area contributed by atoms with Crippen molar-refractivity contribution in [1.82, 2.24) is 30.0 Å². The lowest BCUT2D eigenvalue weighted by atomic mass is 10.1. The molecular formula is C34H41N10O2+. The van der Waals surface area contributed by atoms with Crippen molar-refractivity contribution in [1.29, 1.82) is 5.26 Å². The van der Waals surface area contributed by atoms with Gasteiger partial charge in [-0.3, -0.25) is 10.00 Å². The molecule has 1 aliphatic carbocycles. The van der Waals surface area contributed by atoms with Crippen LogP contribution < -0.4 is 16.0 Å². The summed E-state index contributed by atoms with van der Waals surface area (Å²) in [6.45, 7) is 3.05. The molecule has 2 amide bonds. The Bertz CT molecular complexity index is 1680. The first-order valence-corrected chi connectivity index (χ1v) is 15.8. The largest absolute Gasteiger partial charge is 0.441 e. The molecule has 1 aliphatic rings. The predicted molar refractivity (Wildman–Crippen MR) is 177 cm³/mol. The lowest BCUT2D eigenvalue weighted by Crippen LogP contribution is -2.34. The summed E-state index contributed by atoms with van der Waals surface area (Å²) in [6, 6.07) is 15.4. The Balaban J connectivity index is 1.32. The van der Waals surface area contributed by atoms with Crippen molar-refractivity contribution in [3.63, 3.8) is 0 Å². The normalized spacial score (nSPS) is 16.4. The number of nitriles is 1. The monoisotopic (exact) mass is 621 g/mol. The van der Waals surface area contributed by atoms with Crippen LogP contribution in [0.1, 0.15) is 63.0 Å². The van der Waals surface area contributed by atoms with Crippen LogP contribution in [0.15, 0.2) is 67.3 Å². The Morgan fingerprint density at radius 1 is 1.09 bits per heavy atom. The molecule has 1 aromatic carbocycles. The SMILES string of the molecule is CCC/C(CCCNc1ncc(C#N)c(NC2CCCC2O)n1)=[N+](\C(=O)NCc1ccccc1)c1ccc(-c2cnn(C)c2)cn1. The van der Waals surface area contributed by atoms with Crippen LogP contribution in [0.3, 0.4) is 0 Å². The molecule has 5 rings (SSSR count). The average Bonchev–Trinajstić information content (AvgIpc) is 3.70. The molecule has 12 heteroatoms. The van der Waals surface area contributed by atoms with Crippen LogP contribution in [0.4, 0.5) is 22.4 Å². The van der Waals surface area contributed by atoms with E-state index >= 15 is 0 Å². The Morgan fingerprint density at radius 3 is 2.61 bits per heavy atom. The number of aliphatic hydroxyl groups excluding tert-OH is 1. The number of pyridine rings is 1. The van der Waals surface area contributed by atoms with Gasteiger partial charge in [-0.2, -0.15) is 19.9 Å². The van der Waals surface area contributed by atoms with Crippen molar-refractivity contribution in [3.05, 3.63) is 78.4 Å². The van der Waals surface area contributed by atoms with E-state index in [1.54, 1.807) is 21.7 Å². The third-order valence-corrected chi connectivity index (χ3v) is 8.00. The number of aliphatic hydroxyl groups is 1. The Labute approximate surface area is 269 Å². The number of urea groups is 1. The third-order valence-electron chi connectivity index (χ3n) is 8.00. The van der Waals surface area contributed by atoms with Gasteiger partial charge < -0.3 is 15.7 Å². The maximum absolute atomic E-state index is 13.8. The van der Waals surface area contributed by atoms with E-state index in [0.717, 1.165) is 54.5 Å². The van der Waals surface area contributed by atoms with E-state index in [0.29, 0.717) is 49.1 Å². The van der Waals surface area contributed by atoms with Gasteiger partial charge in [-0.15, -0.1) is 4.98 Å². The molecule has 238 valence electrons. The third kappa shape index (κ3) is 8.31. The van der Waals surface area contributed by atoms with E-state index in [1.165, 1.54) is 6.20 Å². The average molecular weight is 622 g/mol. The fourth-order valence-electron chi connectivity index (χ4n) is 5.59. The summed E-state index contributed by atoms with van der Waals surface area (Å²) >= 11 is 0. The van der Waals surface area contributed by atoms with Crippen LogP contribution in [0.5, 0.6) is 0 Å². The predicted octanol–water partition coefficient (Wildman–Crippen LogP) is 5.16. The molecule has 2 atom stereocenters. The summed E-state index contributed by atoms with van der Waals surface area (Å²) in [4.78, 5) is 27.3. The van der Waals surface area contributed by atoms with Crippen molar-refractivity contribution in [3.8, 4) is 17.2 Å². The number of benzene rings is 1. The molecule has 0 aliphatic heterocycles. The van der Waals surface area contributed by atoms with Gasteiger partial charge in [-0.1, -0.05) is 37.3 Å². The van der Waals surface area contributed by atoms with Crippen molar-refractivity contribution in [2.45, 2.75) is 70.6 Å². The molecule has 3 heterocycles. The number of hydrogen-bond acceptors (Lipinski definition) is 9. The molecule has 4 aromatic rings. The smallest absolute Gasteiger partial charge is 0.391 e. The molecule has 0 saturated heterocycles. The minimum absolute atomic E-state index is 0.132. The molecule has 3 aromatic heterocycles. The Kier molecular flexibility index (Phi) is 11.0. The topological polar surface area (TPSA) is 157 Å². The van der Waals surface area contributed by atoms with Crippen LogP contribution in [-0.2, 0) is 13.6 Å². The highest BCUT2D eigenvalue weighted by Gasteiger charge is 2.26. The number of nitrogens with one attached hydrogen (secondary N) is 3. The zero-order valence-electron chi connectivity index (χ0n) is 26.4. The van der Waals surface area contributed by atoms with Crippen molar-refractivity contribution < 1.29 is 14.5 Å². The Hall–Kier alpha value is -5.15. The van der Waals surface area contributed by atoms with E-state index in [1.807, 2.05) is 55.7 Å². The number of aromatic nitrogens is 5. The van der Waals surface area contributed by atoms with Crippen LogP contribution >= 0.6 is 0 Å². The van der Waals surface area contributed by atoms with Crippen molar-refractivity contribution in [2.24, 2.45) is 7.05 Å². The summed E-state index contributed by atoms with van der Waals surface area (Å²) < 4.78 is 3.45. The van der Waals surface area contributed by atoms with E-state index < -0.39 is 6.10 Å². The molecule has 0 bridgehead atoms. The first-order valence-electron chi connectivity index (χ1n) is 15.8. The lowest BCUT2D eigenvalue weighted by molar-refractivity contribution is -0.342. The van der Waals surface area contributed by atoms with E-state index in [4.69, 9.17) is 4.98 Å². The maximum atomic E-state index is 13.8. The van der Waals surface area contributed by atoms with Crippen LogP contribution in [0.25, 0.3) is 11.1 Å². The van der Waals surface area contributed by atoms with Gasteiger partial charge in [0, 0.05) is 43.4 Å². The summed E-state index contributed by atoms with van der Waals surface area (Å²) in [5, 5.41) is 33.6. The van der Waals surface area contributed by atoms with E-state index in [2.05, 4.69) is 44.0 Å². The number of carbonyl (C=O) groups excluding carboxylic acids is 1. The van der Waals surface area contributed by atoms with Crippen LogP contribution in [0.2, 0.25) is 0 Å². The number of rotatable bonds is 13. The highest BCUT2D eigenvalue weighted by Crippen LogP contribution is 2.24. The summed E-state index contributed by atoms with van der Waals surface area (Å²) in [7, 11) is 1.87. The molecule has 2 unspecified atom stereocenters. The van der Waals surface area contributed by atoms with Gasteiger partial charge >= 0.3 is 6.03 Å². The number of aryl methyl sites for hydroxylation is 1. The van der Waals surface area contributed by atoms with Gasteiger partial charge in [0.2, 0.25) is 5.95 Å². The fraction of sp³-hybridized carbons (Fsp3) is 0.382. The quantitative estimate of drug-likeness (QED) is 0.0900. The Morgan fingerprint density at radius 2 is 1.93 bits per heavy atom. The summed E-state index contributed by atoms with van der Waals surface area (Å²) in [5.74, 6) is 1.37. The summed E-state index contributed by atoms with van der Waals surface area (Å²) in [6.07, 6.45) is 11.9. The zero-order valence-corrected chi connectivity index (χ0v) is 26.4. The zero-order chi connectivity index (χ0) is 32.3. The molecule has 4 N–H and O–H groups in total. The highest BCUT2D eigenvalue weighted by molar-refractivity contribution is 5.86. The molecule has 1 saturated carbocycles. The molecule has 46 heavy (non-hydrogen) atoms. The van der Waals surface area contributed by atoms with Gasteiger partial charge in [0.05, 0.1) is 36.8 Å². The van der Waals surface area contributed by atoms with Gasteiger partial charge in [-0.05, 0) is 50.2 Å². The lowest BCUT2D eigenvalue weighted by Gasteiger charge is -2.18. The molecule has 0 radical (unpaired) electrons. The minimum atomic E-state index is -0.459. The van der Waals surface area contributed by atoms with E-state index in [-0.39, 0.29) is 12.1 Å². The first-order chi connectivity index (χ1) is 22.4.